The van der Waals surface area contributed by atoms with Gasteiger partial charge in [0.25, 0.3) is 5.56 Å². The maximum absolute atomic E-state index is 13.3. The van der Waals surface area contributed by atoms with E-state index < -0.39 is 0 Å². The van der Waals surface area contributed by atoms with E-state index >= 15 is 0 Å². The van der Waals surface area contributed by atoms with Gasteiger partial charge in [0, 0.05) is 30.7 Å². The first-order valence-electron chi connectivity index (χ1n) is 10.1. The van der Waals surface area contributed by atoms with Crippen LogP contribution in [-0.4, -0.2) is 22.5 Å². The summed E-state index contributed by atoms with van der Waals surface area (Å²) in [7, 11) is 0. The Balaban J connectivity index is 1.60. The Morgan fingerprint density at radius 2 is 1.83 bits per heavy atom. The summed E-state index contributed by atoms with van der Waals surface area (Å²) < 4.78 is 1.53. The van der Waals surface area contributed by atoms with Gasteiger partial charge < -0.3 is 10.2 Å². The molecule has 0 amide bonds. The molecule has 0 spiro atoms. The molecule has 148 valence electrons. The molecule has 0 saturated carbocycles. The molecule has 6 nitrogen and oxygen atoms in total. The number of anilines is 2. The van der Waals surface area contributed by atoms with Crippen molar-refractivity contribution in [3.8, 4) is 6.07 Å². The largest absolute Gasteiger partial charge is 0.372 e. The van der Waals surface area contributed by atoms with E-state index in [0.717, 1.165) is 18.8 Å². The van der Waals surface area contributed by atoms with Gasteiger partial charge in [-0.3, -0.25) is 9.20 Å². The fraction of sp³-hybridized carbons (Fsp3) is 0.208. The van der Waals surface area contributed by atoms with Crippen molar-refractivity contribution < 1.29 is 0 Å². The molecule has 4 aromatic rings. The highest BCUT2D eigenvalue weighted by Crippen LogP contribution is 2.22. The number of benzene rings is 2. The lowest BCUT2D eigenvalue weighted by atomic mass is 10.1. The first kappa shape index (κ1) is 18.2. The van der Waals surface area contributed by atoms with E-state index in [2.05, 4.69) is 33.4 Å². The summed E-state index contributed by atoms with van der Waals surface area (Å²) in [5.74, 6) is 0. The molecule has 3 heterocycles. The second-order valence-corrected chi connectivity index (χ2v) is 7.62. The number of imidazole rings is 1. The number of rotatable bonds is 3. The van der Waals surface area contributed by atoms with Crippen molar-refractivity contribution in [3.05, 3.63) is 75.2 Å². The molecule has 1 N–H and O–H groups in total. The van der Waals surface area contributed by atoms with Crippen LogP contribution in [0.5, 0.6) is 0 Å². The van der Waals surface area contributed by atoms with E-state index in [-0.39, 0.29) is 5.56 Å². The molecule has 1 aliphatic rings. The Hall–Kier alpha value is -3.85. The standard InChI is InChI=1S/C24H21N5O/c1-16-19(14-25)23-27-21-6-2-3-7-22(21)29(23)24(30)20(16)15-26-17-8-10-18(11-9-17)28-12-4-5-13-28/h2-3,6-11,15,26H,4-5,12-13H2,1H3. The highest BCUT2D eigenvalue weighted by atomic mass is 16.1. The molecular formula is C24H21N5O. The molecular weight excluding hydrogens is 374 g/mol. The second-order valence-electron chi connectivity index (χ2n) is 7.62. The monoisotopic (exact) mass is 395 g/mol. The highest BCUT2D eigenvalue weighted by molar-refractivity contribution is 5.82. The first-order valence-corrected chi connectivity index (χ1v) is 10.1. The summed E-state index contributed by atoms with van der Waals surface area (Å²) in [5, 5.41) is 13.4. The molecule has 1 aliphatic heterocycles. The van der Waals surface area contributed by atoms with Crippen molar-refractivity contribution >= 4 is 34.3 Å². The number of pyridine rings is 1. The number of nitriles is 1. The molecule has 2 aromatic heterocycles. The van der Waals surface area contributed by atoms with Crippen molar-refractivity contribution in [2.45, 2.75) is 19.8 Å². The van der Waals surface area contributed by atoms with Crippen LogP contribution in [0, 0.1) is 18.3 Å². The van der Waals surface area contributed by atoms with Crippen molar-refractivity contribution in [3.63, 3.8) is 0 Å². The average Bonchev–Trinajstić information content (AvgIpc) is 3.43. The Kier molecular flexibility index (Phi) is 4.36. The van der Waals surface area contributed by atoms with Crippen LogP contribution in [-0.2, 0) is 0 Å². The summed E-state index contributed by atoms with van der Waals surface area (Å²) in [4.78, 5) is 20.2. The van der Waals surface area contributed by atoms with Crippen LogP contribution in [0.15, 0.2) is 53.3 Å². The molecule has 1 fully saturated rings. The van der Waals surface area contributed by atoms with Crippen molar-refractivity contribution in [2.75, 3.05) is 23.3 Å². The highest BCUT2D eigenvalue weighted by Gasteiger charge is 2.16. The Bertz CT molecular complexity index is 1410. The molecule has 30 heavy (non-hydrogen) atoms. The molecule has 1 saturated heterocycles. The van der Waals surface area contributed by atoms with Crippen molar-refractivity contribution in [1.29, 1.82) is 5.26 Å². The number of hydrogen-bond donors (Lipinski definition) is 1. The van der Waals surface area contributed by atoms with Gasteiger partial charge in [0.1, 0.15) is 6.07 Å². The Morgan fingerprint density at radius 3 is 2.57 bits per heavy atom. The summed E-state index contributed by atoms with van der Waals surface area (Å²) >= 11 is 0. The van der Waals surface area contributed by atoms with Gasteiger partial charge in [0.2, 0.25) is 0 Å². The molecule has 0 bridgehead atoms. The van der Waals surface area contributed by atoms with Gasteiger partial charge in [-0.1, -0.05) is 12.1 Å². The first-order chi connectivity index (χ1) is 14.7. The zero-order chi connectivity index (χ0) is 20.7. The maximum atomic E-state index is 13.3. The lowest BCUT2D eigenvalue weighted by Crippen LogP contribution is -2.34. The number of fused-ring (bicyclic) bond motifs is 3. The van der Waals surface area contributed by atoms with Crippen molar-refractivity contribution in [2.24, 2.45) is 0 Å². The zero-order valence-electron chi connectivity index (χ0n) is 16.7. The lowest BCUT2D eigenvalue weighted by Gasteiger charge is -2.17. The van der Waals surface area contributed by atoms with E-state index in [1.165, 1.54) is 22.9 Å². The van der Waals surface area contributed by atoms with Crippen LogP contribution in [0.2, 0.25) is 0 Å². The van der Waals surface area contributed by atoms with Gasteiger partial charge in [0.15, 0.2) is 5.65 Å². The number of nitrogens with one attached hydrogen (secondary N) is 1. The van der Waals surface area contributed by atoms with Gasteiger partial charge in [-0.15, -0.1) is 0 Å². The van der Waals surface area contributed by atoms with E-state index in [1.807, 2.05) is 36.4 Å². The predicted molar refractivity (Wildman–Crippen MR) is 120 cm³/mol. The third kappa shape index (κ3) is 2.87. The number of hydrogen-bond acceptors (Lipinski definition) is 5. The third-order valence-corrected chi connectivity index (χ3v) is 5.83. The zero-order valence-corrected chi connectivity index (χ0v) is 16.7. The van der Waals surface area contributed by atoms with E-state index in [9.17, 15) is 10.1 Å². The van der Waals surface area contributed by atoms with Gasteiger partial charge in [0.05, 0.1) is 21.8 Å². The molecule has 0 aliphatic carbocycles. The Morgan fingerprint density at radius 1 is 1.10 bits per heavy atom. The van der Waals surface area contributed by atoms with Crippen LogP contribution in [0.1, 0.15) is 24.0 Å². The molecule has 0 radical (unpaired) electrons. The number of para-hydroxylation sites is 2. The summed E-state index contributed by atoms with van der Waals surface area (Å²) in [5.41, 5.74) is 4.80. The summed E-state index contributed by atoms with van der Waals surface area (Å²) in [6.45, 7) is 4.00. The molecule has 2 aromatic carbocycles. The van der Waals surface area contributed by atoms with Crippen LogP contribution < -0.4 is 21.0 Å². The SMILES string of the molecule is Cc1c(C#N)c2nc3ccccc3n2c(=O)c1=CNc1ccc(N2CCCC2)cc1. The smallest absolute Gasteiger partial charge is 0.265 e. The number of aromatic nitrogens is 2. The third-order valence-electron chi connectivity index (χ3n) is 5.83. The van der Waals surface area contributed by atoms with Crippen LogP contribution in [0.25, 0.3) is 22.9 Å². The van der Waals surface area contributed by atoms with Gasteiger partial charge in [-0.05, 0) is 61.7 Å². The summed E-state index contributed by atoms with van der Waals surface area (Å²) in [6.07, 6.45) is 4.18. The predicted octanol–water partition coefficient (Wildman–Crippen LogP) is 3.20. The maximum Gasteiger partial charge on any atom is 0.265 e. The van der Waals surface area contributed by atoms with Crippen LogP contribution in [0.4, 0.5) is 11.4 Å². The minimum absolute atomic E-state index is 0.184. The fourth-order valence-corrected chi connectivity index (χ4v) is 4.19. The van der Waals surface area contributed by atoms with Crippen LogP contribution in [0.3, 0.4) is 0 Å². The minimum atomic E-state index is -0.184. The average molecular weight is 395 g/mol. The van der Waals surface area contributed by atoms with Crippen LogP contribution >= 0.6 is 0 Å². The van der Waals surface area contributed by atoms with E-state index in [4.69, 9.17) is 0 Å². The van der Waals surface area contributed by atoms with Gasteiger partial charge in [-0.2, -0.15) is 5.26 Å². The van der Waals surface area contributed by atoms with E-state index in [1.54, 1.807) is 13.1 Å². The van der Waals surface area contributed by atoms with Gasteiger partial charge in [-0.25, -0.2) is 4.98 Å². The number of nitrogens with zero attached hydrogens (tertiary/aromatic N) is 4. The minimum Gasteiger partial charge on any atom is -0.372 e. The normalized spacial score (nSPS) is 14.5. The molecule has 0 unspecified atom stereocenters. The quantitative estimate of drug-likeness (QED) is 0.577. The van der Waals surface area contributed by atoms with Gasteiger partial charge >= 0.3 is 0 Å². The molecule has 6 heteroatoms. The fourth-order valence-electron chi connectivity index (χ4n) is 4.19. The molecule has 5 rings (SSSR count). The summed E-state index contributed by atoms with van der Waals surface area (Å²) in [6, 6.07) is 17.9. The van der Waals surface area contributed by atoms with Crippen molar-refractivity contribution in [1.82, 2.24) is 9.38 Å². The lowest BCUT2D eigenvalue weighted by molar-refractivity contribution is 0.949. The van der Waals surface area contributed by atoms with E-state index in [0.29, 0.717) is 33.0 Å². The topological polar surface area (TPSA) is 73.4 Å². The second kappa shape index (κ2) is 7.20. The molecule has 0 atom stereocenters. The Labute approximate surface area is 173 Å².